The van der Waals surface area contributed by atoms with Crippen molar-refractivity contribution in [2.45, 2.75) is 0 Å². The van der Waals surface area contributed by atoms with Crippen molar-refractivity contribution in [1.29, 1.82) is 0 Å². The van der Waals surface area contributed by atoms with Gasteiger partial charge in [-0.2, -0.15) is 0 Å². The summed E-state index contributed by atoms with van der Waals surface area (Å²) in [6, 6.07) is 15.7. The fourth-order valence-electron chi connectivity index (χ4n) is 2.88. The highest BCUT2D eigenvalue weighted by Crippen LogP contribution is 2.33. The van der Waals surface area contributed by atoms with Crippen LogP contribution in [0.2, 0.25) is 0 Å². The average molecular weight is 320 g/mol. The van der Waals surface area contributed by atoms with Crippen molar-refractivity contribution in [1.82, 2.24) is 9.97 Å². The first kappa shape index (κ1) is 14.4. The van der Waals surface area contributed by atoms with E-state index in [0.717, 1.165) is 22.0 Å². The highest BCUT2D eigenvalue weighted by molar-refractivity contribution is 6.12. The van der Waals surface area contributed by atoms with Gasteiger partial charge in [0.15, 0.2) is 0 Å². The van der Waals surface area contributed by atoms with Gasteiger partial charge in [-0.05, 0) is 24.3 Å². The van der Waals surface area contributed by atoms with E-state index in [2.05, 4.69) is 9.97 Å². The number of esters is 1. The van der Waals surface area contributed by atoms with Crippen LogP contribution < -0.4 is 0 Å². The number of aromatic nitrogens is 2. The molecule has 2 aromatic carbocycles. The van der Waals surface area contributed by atoms with E-state index in [0.29, 0.717) is 11.1 Å². The molecule has 0 bridgehead atoms. The van der Waals surface area contributed by atoms with Gasteiger partial charge in [-0.1, -0.05) is 30.3 Å². The summed E-state index contributed by atoms with van der Waals surface area (Å²) in [6.07, 6.45) is 0. The lowest BCUT2D eigenvalue weighted by molar-refractivity contribution is 0.0594. The number of methoxy groups -OCH3 is 1. The Labute approximate surface area is 136 Å². The molecular formula is C19H13FN2O2. The monoisotopic (exact) mass is 320 g/mol. The molecule has 2 heterocycles. The largest absolute Gasteiger partial charge is 0.464 e. The Balaban J connectivity index is 2.13. The van der Waals surface area contributed by atoms with E-state index in [9.17, 15) is 9.18 Å². The van der Waals surface area contributed by atoms with Crippen molar-refractivity contribution in [2.24, 2.45) is 0 Å². The number of H-pyrrole nitrogens is 1. The van der Waals surface area contributed by atoms with E-state index < -0.39 is 5.97 Å². The average Bonchev–Trinajstić information content (AvgIpc) is 2.99. The van der Waals surface area contributed by atoms with E-state index >= 15 is 0 Å². The van der Waals surface area contributed by atoms with E-state index in [1.165, 1.54) is 19.2 Å². The number of fused-ring (bicyclic) bond motifs is 3. The Kier molecular flexibility index (Phi) is 3.27. The minimum atomic E-state index is -0.528. The van der Waals surface area contributed by atoms with Crippen LogP contribution in [0.25, 0.3) is 33.1 Å². The third-order valence-electron chi connectivity index (χ3n) is 3.99. The van der Waals surface area contributed by atoms with Crippen LogP contribution in [-0.2, 0) is 4.74 Å². The first-order chi connectivity index (χ1) is 11.7. The van der Waals surface area contributed by atoms with Gasteiger partial charge in [-0.25, -0.2) is 14.2 Å². The van der Waals surface area contributed by atoms with Crippen molar-refractivity contribution in [3.63, 3.8) is 0 Å². The van der Waals surface area contributed by atoms with Crippen molar-refractivity contribution in [3.05, 3.63) is 66.1 Å². The molecule has 0 unspecified atom stereocenters. The van der Waals surface area contributed by atoms with Crippen molar-refractivity contribution < 1.29 is 13.9 Å². The van der Waals surface area contributed by atoms with E-state index in [1.807, 2.05) is 30.3 Å². The Hall–Kier alpha value is -3.21. The number of benzene rings is 2. The number of halogens is 1. The molecule has 0 aliphatic rings. The van der Waals surface area contributed by atoms with Crippen LogP contribution >= 0.6 is 0 Å². The van der Waals surface area contributed by atoms with Crippen molar-refractivity contribution >= 4 is 27.8 Å². The number of rotatable bonds is 2. The van der Waals surface area contributed by atoms with Gasteiger partial charge >= 0.3 is 5.97 Å². The molecular weight excluding hydrogens is 307 g/mol. The number of nitrogens with zero attached hydrogens (tertiary/aromatic N) is 1. The molecule has 0 aliphatic heterocycles. The molecule has 0 fully saturated rings. The molecule has 4 rings (SSSR count). The zero-order chi connectivity index (χ0) is 16.7. The summed E-state index contributed by atoms with van der Waals surface area (Å²) in [7, 11) is 1.31. The van der Waals surface area contributed by atoms with Crippen LogP contribution in [0, 0.1) is 5.82 Å². The number of hydrogen-bond acceptors (Lipinski definition) is 3. The Morgan fingerprint density at radius 3 is 2.62 bits per heavy atom. The van der Waals surface area contributed by atoms with Crippen LogP contribution in [0.5, 0.6) is 0 Å². The maximum absolute atomic E-state index is 13.7. The minimum Gasteiger partial charge on any atom is -0.464 e. The predicted octanol–water partition coefficient (Wildman–Crippen LogP) is 4.31. The third-order valence-corrected chi connectivity index (χ3v) is 3.99. The lowest BCUT2D eigenvalue weighted by Crippen LogP contribution is -2.05. The molecule has 4 nitrogen and oxygen atoms in total. The molecule has 0 amide bonds. The van der Waals surface area contributed by atoms with E-state index in [4.69, 9.17) is 4.74 Å². The lowest BCUT2D eigenvalue weighted by Gasteiger charge is -2.06. The molecule has 0 atom stereocenters. The second kappa shape index (κ2) is 5.45. The normalized spacial score (nSPS) is 11.1. The number of carbonyl (C=O) groups excluding carboxylic acids is 1. The molecule has 0 aliphatic carbocycles. The minimum absolute atomic E-state index is 0.189. The molecule has 24 heavy (non-hydrogen) atoms. The summed E-state index contributed by atoms with van der Waals surface area (Å²) in [5.41, 5.74) is 3.22. The summed E-state index contributed by atoms with van der Waals surface area (Å²) < 4.78 is 18.5. The molecule has 0 radical (unpaired) electrons. The first-order valence-corrected chi connectivity index (χ1v) is 7.43. The first-order valence-electron chi connectivity index (χ1n) is 7.43. The number of pyridine rings is 1. The maximum atomic E-state index is 13.7. The fraction of sp³-hybridized carbons (Fsp3) is 0.0526. The Morgan fingerprint density at radius 1 is 1.08 bits per heavy atom. The number of aromatic amines is 1. The molecule has 5 heteroatoms. The molecule has 1 N–H and O–H groups in total. The third kappa shape index (κ3) is 2.22. The van der Waals surface area contributed by atoms with Crippen molar-refractivity contribution in [2.75, 3.05) is 7.11 Å². The van der Waals surface area contributed by atoms with Crippen LogP contribution in [0.1, 0.15) is 10.5 Å². The summed E-state index contributed by atoms with van der Waals surface area (Å²) in [6.45, 7) is 0. The second-order valence-electron chi connectivity index (χ2n) is 5.45. The highest BCUT2D eigenvalue weighted by atomic mass is 19.1. The summed E-state index contributed by atoms with van der Waals surface area (Å²) in [5, 5.41) is 1.44. The smallest absolute Gasteiger partial charge is 0.356 e. The van der Waals surface area contributed by atoms with E-state index in [1.54, 1.807) is 12.1 Å². The molecule has 4 aromatic rings. The lowest BCUT2D eigenvalue weighted by atomic mass is 10.1. The SMILES string of the molecule is COC(=O)c1cc2c([nH]c3ccc(F)cc32)c(-c2ccccc2)n1. The standard InChI is InChI=1S/C19H13FN2O2/c1-24-19(23)16-10-14-13-9-12(20)7-8-15(13)21-18(14)17(22-16)11-5-3-2-4-6-11/h2-10,21H,1H3. The van der Waals surface area contributed by atoms with Crippen LogP contribution in [0.4, 0.5) is 4.39 Å². The van der Waals surface area contributed by atoms with Crippen LogP contribution in [0.15, 0.2) is 54.6 Å². The van der Waals surface area contributed by atoms with Crippen LogP contribution in [0.3, 0.4) is 0 Å². The Bertz CT molecular complexity index is 1070. The highest BCUT2D eigenvalue weighted by Gasteiger charge is 2.17. The molecule has 2 aromatic heterocycles. The van der Waals surface area contributed by atoms with Gasteiger partial charge in [0.2, 0.25) is 0 Å². The number of ether oxygens (including phenoxy) is 1. The Morgan fingerprint density at radius 2 is 1.88 bits per heavy atom. The van der Waals surface area contributed by atoms with Gasteiger partial charge in [-0.15, -0.1) is 0 Å². The quantitative estimate of drug-likeness (QED) is 0.560. The number of carbonyl (C=O) groups is 1. The van der Waals surface area contributed by atoms with Gasteiger partial charge < -0.3 is 9.72 Å². The molecule has 0 saturated heterocycles. The van der Waals surface area contributed by atoms with Gasteiger partial charge in [0.1, 0.15) is 11.5 Å². The number of nitrogens with one attached hydrogen (secondary N) is 1. The topological polar surface area (TPSA) is 55.0 Å². The van der Waals surface area contributed by atoms with Crippen LogP contribution in [-0.4, -0.2) is 23.0 Å². The number of hydrogen-bond donors (Lipinski definition) is 1. The van der Waals surface area contributed by atoms with Crippen molar-refractivity contribution in [3.8, 4) is 11.3 Å². The zero-order valence-corrected chi connectivity index (χ0v) is 12.8. The van der Waals surface area contributed by atoms with Gasteiger partial charge in [0.05, 0.1) is 18.3 Å². The molecule has 118 valence electrons. The zero-order valence-electron chi connectivity index (χ0n) is 12.8. The summed E-state index contributed by atoms with van der Waals surface area (Å²) in [4.78, 5) is 19.7. The fourth-order valence-corrected chi connectivity index (χ4v) is 2.88. The predicted molar refractivity (Wildman–Crippen MR) is 90.3 cm³/mol. The second-order valence-corrected chi connectivity index (χ2v) is 5.45. The molecule has 0 spiro atoms. The van der Waals surface area contributed by atoms with E-state index in [-0.39, 0.29) is 11.5 Å². The van der Waals surface area contributed by atoms with Gasteiger partial charge in [-0.3, -0.25) is 0 Å². The van der Waals surface area contributed by atoms with Gasteiger partial charge in [0, 0.05) is 21.9 Å². The van der Waals surface area contributed by atoms with Gasteiger partial charge in [0.25, 0.3) is 0 Å². The summed E-state index contributed by atoms with van der Waals surface area (Å²) >= 11 is 0. The summed E-state index contributed by atoms with van der Waals surface area (Å²) in [5.74, 6) is -0.860. The molecule has 0 saturated carbocycles. The maximum Gasteiger partial charge on any atom is 0.356 e.